The van der Waals surface area contributed by atoms with Crippen LogP contribution >= 0.6 is 0 Å². The van der Waals surface area contributed by atoms with Crippen molar-refractivity contribution in [3.63, 3.8) is 0 Å². The number of anilines is 1. The molecule has 7 heteroatoms. The number of hydrogen-bond donors (Lipinski definition) is 1. The first-order chi connectivity index (χ1) is 12.6. The van der Waals surface area contributed by atoms with E-state index in [4.69, 9.17) is 0 Å². The number of rotatable bonds is 3. The first kappa shape index (κ1) is 15.6. The van der Waals surface area contributed by atoms with Gasteiger partial charge in [-0.2, -0.15) is 0 Å². The zero-order chi connectivity index (χ0) is 18.1. The van der Waals surface area contributed by atoms with Crippen LogP contribution in [0.3, 0.4) is 0 Å². The minimum Gasteiger partial charge on any atom is -0.322 e. The lowest BCUT2D eigenvalue weighted by molar-refractivity contribution is -0.384. The lowest BCUT2D eigenvalue weighted by Gasteiger charge is -2.08. The van der Waals surface area contributed by atoms with E-state index in [9.17, 15) is 14.9 Å². The van der Waals surface area contributed by atoms with Crippen LogP contribution < -0.4 is 5.32 Å². The molecule has 0 saturated carbocycles. The van der Waals surface area contributed by atoms with E-state index in [1.54, 1.807) is 18.2 Å². The molecule has 1 amide bonds. The quantitative estimate of drug-likeness (QED) is 0.345. The zero-order valence-corrected chi connectivity index (χ0v) is 13.4. The largest absolute Gasteiger partial charge is 0.322 e. The van der Waals surface area contributed by atoms with Gasteiger partial charge in [-0.05, 0) is 36.4 Å². The van der Waals surface area contributed by atoms with Gasteiger partial charge in [0.2, 0.25) is 0 Å². The van der Waals surface area contributed by atoms with Gasteiger partial charge in [-0.25, -0.2) is 9.97 Å². The molecule has 1 heterocycles. The summed E-state index contributed by atoms with van der Waals surface area (Å²) in [5.41, 5.74) is 3.41. The van der Waals surface area contributed by atoms with Gasteiger partial charge in [0, 0.05) is 17.8 Å². The Morgan fingerprint density at radius 2 is 1.50 bits per heavy atom. The maximum Gasteiger partial charge on any atom is 0.269 e. The highest BCUT2D eigenvalue weighted by Crippen LogP contribution is 2.21. The summed E-state index contributed by atoms with van der Waals surface area (Å²) in [7, 11) is 0. The molecule has 0 fully saturated rings. The number of fused-ring (bicyclic) bond motifs is 2. The van der Waals surface area contributed by atoms with Crippen molar-refractivity contribution < 1.29 is 9.72 Å². The van der Waals surface area contributed by atoms with E-state index in [0.717, 1.165) is 5.52 Å². The SMILES string of the molecule is O=C(Nc1ccc([N+](=O)[O-])cc1)c1cccc2nc3ccccc3nc12. The second kappa shape index (κ2) is 6.21. The van der Waals surface area contributed by atoms with Crippen molar-refractivity contribution in [2.24, 2.45) is 0 Å². The molecule has 4 rings (SSSR count). The number of hydrogen-bond acceptors (Lipinski definition) is 5. The van der Waals surface area contributed by atoms with Crippen molar-refractivity contribution in [2.75, 3.05) is 5.32 Å². The molecule has 0 unspecified atom stereocenters. The highest BCUT2D eigenvalue weighted by atomic mass is 16.6. The maximum atomic E-state index is 12.7. The Morgan fingerprint density at radius 3 is 2.19 bits per heavy atom. The summed E-state index contributed by atoms with van der Waals surface area (Å²) in [6.07, 6.45) is 0. The number of amides is 1. The molecule has 1 N–H and O–H groups in total. The number of aromatic nitrogens is 2. The first-order valence-corrected chi connectivity index (χ1v) is 7.83. The third kappa shape index (κ3) is 2.82. The van der Waals surface area contributed by atoms with E-state index in [-0.39, 0.29) is 11.6 Å². The Labute approximate surface area is 147 Å². The number of nitro groups is 1. The highest BCUT2D eigenvalue weighted by Gasteiger charge is 2.14. The predicted octanol–water partition coefficient (Wildman–Crippen LogP) is 3.94. The lowest BCUT2D eigenvalue weighted by Crippen LogP contribution is -2.13. The van der Waals surface area contributed by atoms with Crippen molar-refractivity contribution in [3.8, 4) is 0 Å². The molecule has 0 radical (unpaired) electrons. The summed E-state index contributed by atoms with van der Waals surface area (Å²) < 4.78 is 0. The number of para-hydroxylation sites is 3. The van der Waals surface area contributed by atoms with Crippen LogP contribution in [0.15, 0.2) is 66.7 Å². The topological polar surface area (TPSA) is 98.0 Å². The number of carbonyl (C=O) groups excluding carboxylic acids is 1. The Kier molecular flexibility index (Phi) is 3.74. The Balaban J connectivity index is 1.72. The van der Waals surface area contributed by atoms with Crippen LogP contribution in [0.5, 0.6) is 0 Å². The fourth-order valence-electron chi connectivity index (χ4n) is 2.69. The molecule has 0 aliphatic rings. The predicted molar refractivity (Wildman–Crippen MR) is 98.1 cm³/mol. The number of nitro benzene ring substituents is 1. The molecule has 0 aliphatic heterocycles. The van der Waals surface area contributed by atoms with Crippen LogP contribution in [0, 0.1) is 10.1 Å². The molecule has 0 atom stereocenters. The molecule has 0 saturated heterocycles. The molecule has 0 bridgehead atoms. The van der Waals surface area contributed by atoms with E-state index in [1.165, 1.54) is 24.3 Å². The second-order valence-corrected chi connectivity index (χ2v) is 5.64. The number of benzene rings is 3. The van der Waals surface area contributed by atoms with E-state index < -0.39 is 4.92 Å². The molecular formula is C19H12N4O3. The van der Waals surface area contributed by atoms with Crippen LogP contribution in [-0.2, 0) is 0 Å². The Hall–Kier alpha value is -3.87. The number of nitrogens with zero attached hydrogens (tertiary/aromatic N) is 3. The minimum atomic E-state index is -0.489. The molecule has 126 valence electrons. The van der Waals surface area contributed by atoms with Gasteiger partial charge in [0.25, 0.3) is 11.6 Å². The molecule has 26 heavy (non-hydrogen) atoms. The molecule has 4 aromatic rings. The summed E-state index contributed by atoms with van der Waals surface area (Å²) in [5.74, 6) is -0.353. The molecular weight excluding hydrogens is 332 g/mol. The van der Waals surface area contributed by atoms with Gasteiger partial charge in [-0.3, -0.25) is 14.9 Å². The lowest BCUT2D eigenvalue weighted by atomic mass is 10.1. The van der Waals surface area contributed by atoms with Gasteiger partial charge in [0.05, 0.1) is 27.0 Å². The summed E-state index contributed by atoms with van der Waals surface area (Å²) in [6, 6.07) is 18.3. The van der Waals surface area contributed by atoms with E-state index in [2.05, 4.69) is 15.3 Å². The monoisotopic (exact) mass is 344 g/mol. The Morgan fingerprint density at radius 1 is 0.846 bits per heavy atom. The smallest absolute Gasteiger partial charge is 0.269 e. The van der Waals surface area contributed by atoms with E-state index in [0.29, 0.717) is 27.8 Å². The summed E-state index contributed by atoms with van der Waals surface area (Å²) in [6.45, 7) is 0. The van der Waals surface area contributed by atoms with Crippen LogP contribution in [-0.4, -0.2) is 20.8 Å². The van der Waals surface area contributed by atoms with Gasteiger partial charge < -0.3 is 5.32 Å². The van der Waals surface area contributed by atoms with Gasteiger partial charge in [0.1, 0.15) is 5.52 Å². The number of non-ortho nitro benzene ring substituents is 1. The molecule has 7 nitrogen and oxygen atoms in total. The van der Waals surface area contributed by atoms with Crippen LogP contribution in [0.25, 0.3) is 22.1 Å². The molecule has 0 aliphatic carbocycles. The van der Waals surface area contributed by atoms with Crippen molar-refractivity contribution >= 4 is 39.3 Å². The van der Waals surface area contributed by atoms with Crippen molar-refractivity contribution in [1.82, 2.24) is 9.97 Å². The van der Waals surface area contributed by atoms with Gasteiger partial charge in [0.15, 0.2) is 0 Å². The zero-order valence-electron chi connectivity index (χ0n) is 13.4. The summed E-state index contributed by atoms with van der Waals surface area (Å²) in [5, 5.41) is 13.4. The standard InChI is InChI=1S/C19H12N4O3/c24-19(20-12-8-10-13(11-9-12)23(25)26)14-4-3-7-17-18(14)22-16-6-2-1-5-15(16)21-17/h1-11H,(H,20,24). The number of carbonyl (C=O) groups is 1. The third-order valence-corrected chi connectivity index (χ3v) is 3.95. The first-order valence-electron chi connectivity index (χ1n) is 7.83. The van der Waals surface area contributed by atoms with Gasteiger partial charge >= 0.3 is 0 Å². The van der Waals surface area contributed by atoms with Crippen LogP contribution in [0.1, 0.15) is 10.4 Å². The van der Waals surface area contributed by atoms with Crippen molar-refractivity contribution in [2.45, 2.75) is 0 Å². The maximum absolute atomic E-state index is 12.7. The second-order valence-electron chi connectivity index (χ2n) is 5.64. The average molecular weight is 344 g/mol. The Bertz CT molecular complexity index is 1160. The van der Waals surface area contributed by atoms with Crippen molar-refractivity contribution in [1.29, 1.82) is 0 Å². The highest BCUT2D eigenvalue weighted by molar-refractivity contribution is 6.12. The van der Waals surface area contributed by atoms with Crippen molar-refractivity contribution in [3.05, 3.63) is 82.4 Å². The van der Waals surface area contributed by atoms with E-state index >= 15 is 0 Å². The normalized spacial score (nSPS) is 10.8. The fraction of sp³-hybridized carbons (Fsp3) is 0. The summed E-state index contributed by atoms with van der Waals surface area (Å²) in [4.78, 5) is 32.0. The van der Waals surface area contributed by atoms with Crippen LogP contribution in [0.4, 0.5) is 11.4 Å². The van der Waals surface area contributed by atoms with Gasteiger partial charge in [-0.15, -0.1) is 0 Å². The molecule has 1 aromatic heterocycles. The van der Waals surface area contributed by atoms with Crippen LogP contribution in [0.2, 0.25) is 0 Å². The van der Waals surface area contributed by atoms with E-state index in [1.807, 2.05) is 24.3 Å². The summed E-state index contributed by atoms with van der Waals surface area (Å²) >= 11 is 0. The van der Waals surface area contributed by atoms with Gasteiger partial charge in [-0.1, -0.05) is 18.2 Å². The average Bonchev–Trinajstić information content (AvgIpc) is 2.66. The number of nitrogens with one attached hydrogen (secondary N) is 1. The fourth-order valence-corrected chi connectivity index (χ4v) is 2.69. The molecule has 0 spiro atoms. The minimum absolute atomic E-state index is 0.0366. The third-order valence-electron chi connectivity index (χ3n) is 3.95. The molecule has 3 aromatic carbocycles.